The lowest BCUT2D eigenvalue weighted by atomic mass is 10.3. The molecule has 0 saturated heterocycles. The summed E-state index contributed by atoms with van der Waals surface area (Å²) >= 11 is 1.29. The molecule has 2 aromatic heterocycles. The van der Waals surface area contributed by atoms with Gasteiger partial charge in [-0.15, -0.1) is 0 Å². The van der Waals surface area contributed by atoms with Crippen LogP contribution in [-0.2, 0) is 6.54 Å². The number of nitrogens with zero attached hydrogens (tertiary/aromatic N) is 4. The number of hydrogen-bond acceptors (Lipinski definition) is 6. The van der Waals surface area contributed by atoms with Crippen molar-refractivity contribution in [2.45, 2.75) is 20.4 Å². The molecule has 2 heterocycles. The quantitative estimate of drug-likeness (QED) is 0.895. The highest BCUT2D eigenvalue weighted by molar-refractivity contribution is 7.10. The maximum Gasteiger partial charge on any atom is 0.128 e. The van der Waals surface area contributed by atoms with Crippen LogP contribution in [0.1, 0.15) is 22.6 Å². The van der Waals surface area contributed by atoms with Crippen LogP contribution in [0.3, 0.4) is 0 Å². The molecule has 0 spiro atoms. The summed E-state index contributed by atoms with van der Waals surface area (Å²) in [5.74, 6) is 0. The van der Waals surface area contributed by atoms with Crippen LogP contribution in [0, 0.1) is 25.2 Å². The summed E-state index contributed by atoms with van der Waals surface area (Å²) in [6.07, 6.45) is 3.45. The van der Waals surface area contributed by atoms with Crippen molar-refractivity contribution in [2.24, 2.45) is 0 Å². The molecule has 1 N–H and O–H groups in total. The lowest BCUT2D eigenvalue weighted by Crippen LogP contribution is -2.02. The van der Waals surface area contributed by atoms with Crippen LogP contribution in [0.4, 0.5) is 5.00 Å². The van der Waals surface area contributed by atoms with E-state index in [1.165, 1.54) is 11.5 Å². The number of hydrogen-bond donors (Lipinski definition) is 1. The topological polar surface area (TPSA) is 74.5 Å². The fourth-order valence-corrected chi connectivity index (χ4v) is 2.04. The highest BCUT2D eigenvalue weighted by Gasteiger charge is 2.09. The Bertz CT molecular complexity index is 552. The highest BCUT2D eigenvalue weighted by Crippen LogP contribution is 2.23. The van der Waals surface area contributed by atoms with Gasteiger partial charge in [-0.05, 0) is 25.4 Å². The van der Waals surface area contributed by atoms with E-state index in [0.29, 0.717) is 12.1 Å². The molecule has 2 aromatic rings. The van der Waals surface area contributed by atoms with Gasteiger partial charge in [0.05, 0.1) is 29.8 Å². The Morgan fingerprint density at radius 3 is 2.82 bits per heavy atom. The fourth-order valence-electron chi connectivity index (χ4n) is 1.30. The van der Waals surface area contributed by atoms with Gasteiger partial charge < -0.3 is 5.32 Å². The third-order valence-corrected chi connectivity index (χ3v) is 3.14. The van der Waals surface area contributed by atoms with E-state index in [-0.39, 0.29) is 0 Å². The van der Waals surface area contributed by atoms with Crippen molar-refractivity contribution in [3.05, 3.63) is 35.0 Å². The van der Waals surface area contributed by atoms with E-state index in [4.69, 9.17) is 5.26 Å². The van der Waals surface area contributed by atoms with Gasteiger partial charge in [-0.1, -0.05) is 0 Å². The maximum atomic E-state index is 8.97. The van der Waals surface area contributed by atoms with Gasteiger partial charge in [0.2, 0.25) is 0 Å². The van der Waals surface area contributed by atoms with Crippen molar-refractivity contribution in [1.29, 1.82) is 5.26 Å². The van der Waals surface area contributed by atoms with Crippen molar-refractivity contribution in [3.8, 4) is 6.07 Å². The van der Waals surface area contributed by atoms with E-state index in [1.54, 1.807) is 12.4 Å². The SMILES string of the molecule is Cc1cnc(CNc2snc(C)c2C#N)cn1. The van der Waals surface area contributed by atoms with Gasteiger partial charge in [-0.3, -0.25) is 9.97 Å². The predicted octanol–water partition coefficient (Wildman–Crippen LogP) is 2.03. The fraction of sp³-hybridized carbons (Fsp3) is 0.273. The smallest absolute Gasteiger partial charge is 0.128 e. The molecule has 2 rings (SSSR count). The molecule has 0 unspecified atom stereocenters. The second-order valence-corrected chi connectivity index (χ2v) is 4.36. The molecule has 0 aliphatic carbocycles. The maximum absolute atomic E-state index is 8.97. The molecule has 0 aromatic carbocycles. The van der Waals surface area contributed by atoms with Gasteiger partial charge in [0.15, 0.2) is 0 Å². The average Bonchev–Trinajstić information content (AvgIpc) is 2.69. The van der Waals surface area contributed by atoms with E-state index in [1.807, 2.05) is 13.8 Å². The van der Waals surface area contributed by atoms with Gasteiger partial charge in [0, 0.05) is 6.20 Å². The van der Waals surface area contributed by atoms with Gasteiger partial charge in [0.1, 0.15) is 16.6 Å². The van der Waals surface area contributed by atoms with Crippen LogP contribution in [0.5, 0.6) is 0 Å². The normalized spacial score (nSPS) is 9.94. The zero-order valence-corrected chi connectivity index (χ0v) is 10.4. The molecule has 17 heavy (non-hydrogen) atoms. The highest BCUT2D eigenvalue weighted by atomic mass is 32.1. The van der Waals surface area contributed by atoms with Crippen LogP contribution in [-0.4, -0.2) is 14.3 Å². The Morgan fingerprint density at radius 1 is 1.35 bits per heavy atom. The van der Waals surface area contributed by atoms with Gasteiger partial charge in [0.25, 0.3) is 0 Å². The number of aryl methyl sites for hydroxylation is 2. The largest absolute Gasteiger partial charge is 0.369 e. The molecule has 0 atom stereocenters. The summed E-state index contributed by atoms with van der Waals surface area (Å²) in [5.41, 5.74) is 3.09. The molecule has 0 amide bonds. The molecule has 0 fully saturated rings. The number of nitriles is 1. The number of rotatable bonds is 3. The predicted molar refractivity (Wildman–Crippen MR) is 65.7 cm³/mol. The van der Waals surface area contributed by atoms with Crippen LogP contribution >= 0.6 is 11.5 Å². The molecule has 5 nitrogen and oxygen atoms in total. The standard InChI is InChI=1S/C11H11N5S/c1-7-4-14-9(5-13-7)6-15-11-10(3-12)8(2)16-17-11/h4-5,15H,6H2,1-2H3. The Hall–Kier alpha value is -2.00. The number of aromatic nitrogens is 3. The van der Waals surface area contributed by atoms with Crippen LogP contribution in [0.2, 0.25) is 0 Å². The van der Waals surface area contributed by atoms with Gasteiger partial charge in [-0.25, -0.2) is 0 Å². The second kappa shape index (κ2) is 4.89. The lowest BCUT2D eigenvalue weighted by Gasteiger charge is -2.02. The average molecular weight is 245 g/mol. The number of anilines is 1. The van der Waals surface area contributed by atoms with E-state index >= 15 is 0 Å². The Balaban J connectivity index is 2.08. The zero-order chi connectivity index (χ0) is 12.3. The lowest BCUT2D eigenvalue weighted by molar-refractivity contribution is 0.987. The summed E-state index contributed by atoms with van der Waals surface area (Å²) in [6.45, 7) is 4.26. The van der Waals surface area contributed by atoms with Crippen molar-refractivity contribution >= 4 is 16.5 Å². The molecule has 0 aliphatic heterocycles. The van der Waals surface area contributed by atoms with E-state index < -0.39 is 0 Å². The van der Waals surface area contributed by atoms with Gasteiger partial charge >= 0.3 is 0 Å². The van der Waals surface area contributed by atoms with Crippen LogP contribution in [0.15, 0.2) is 12.4 Å². The summed E-state index contributed by atoms with van der Waals surface area (Å²) in [6, 6.07) is 2.14. The van der Waals surface area contributed by atoms with E-state index in [0.717, 1.165) is 22.1 Å². The Labute approximate surface area is 103 Å². The summed E-state index contributed by atoms with van der Waals surface area (Å²) in [7, 11) is 0. The number of nitrogens with one attached hydrogen (secondary N) is 1. The second-order valence-electron chi connectivity index (χ2n) is 3.59. The van der Waals surface area contributed by atoms with Crippen molar-refractivity contribution < 1.29 is 0 Å². The summed E-state index contributed by atoms with van der Waals surface area (Å²) in [5, 5.41) is 12.9. The van der Waals surface area contributed by atoms with Gasteiger partial charge in [-0.2, -0.15) is 9.64 Å². The molecular formula is C11H11N5S. The molecule has 0 bridgehead atoms. The van der Waals surface area contributed by atoms with Crippen molar-refractivity contribution in [3.63, 3.8) is 0 Å². The Morgan fingerprint density at radius 2 is 2.18 bits per heavy atom. The molecule has 0 aliphatic rings. The third kappa shape index (κ3) is 2.57. The monoisotopic (exact) mass is 245 g/mol. The molecular weight excluding hydrogens is 234 g/mol. The third-order valence-electron chi connectivity index (χ3n) is 2.24. The first-order valence-corrected chi connectivity index (χ1v) is 5.86. The van der Waals surface area contributed by atoms with Crippen molar-refractivity contribution in [1.82, 2.24) is 14.3 Å². The minimum absolute atomic E-state index is 0.545. The minimum Gasteiger partial charge on any atom is -0.369 e. The van der Waals surface area contributed by atoms with E-state index in [9.17, 15) is 0 Å². The summed E-state index contributed by atoms with van der Waals surface area (Å²) < 4.78 is 4.13. The minimum atomic E-state index is 0.545. The first-order valence-electron chi connectivity index (χ1n) is 5.08. The molecule has 86 valence electrons. The zero-order valence-electron chi connectivity index (χ0n) is 9.56. The molecule has 0 saturated carbocycles. The first kappa shape index (κ1) is 11.5. The van der Waals surface area contributed by atoms with Crippen molar-refractivity contribution in [2.75, 3.05) is 5.32 Å². The Kier molecular flexibility index (Phi) is 3.30. The molecule has 6 heteroatoms. The van der Waals surface area contributed by atoms with Crippen LogP contribution in [0.25, 0.3) is 0 Å². The first-order chi connectivity index (χ1) is 8.20. The van der Waals surface area contributed by atoms with Crippen LogP contribution < -0.4 is 5.32 Å². The summed E-state index contributed by atoms with van der Waals surface area (Å²) in [4.78, 5) is 8.39. The molecule has 0 radical (unpaired) electrons. The van der Waals surface area contributed by atoms with E-state index in [2.05, 4.69) is 25.7 Å².